The molecule has 0 bridgehead atoms. The van der Waals surface area contributed by atoms with Crippen LogP contribution in [-0.2, 0) is 4.79 Å². The van der Waals surface area contributed by atoms with Crippen molar-refractivity contribution in [3.8, 4) is 0 Å². The smallest absolute Gasteiger partial charge is 0.227 e. The first-order valence-corrected chi connectivity index (χ1v) is 6.54. The van der Waals surface area contributed by atoms with Crippen molar-refractivity contribution < 1.29 is 4.79 Å². The van der Waals surface area contributed by atoms with Crippen molar-refractivity contribution in [3.63, 3.8) is 0 Å². The summed E-state index contributed by atoms with van der Waals surface area (Å²) < 4.78 is 0. The fraction of sp³-hybridized carbons (Fsp3) is 0.923. The predicted molar refractivity (Wildman–Crippen MR) is 67.0 cm³/mol. The van der Waals surface area contributed by atoms with Crippen LogP contribution in [0.25, 0.3) is 0 Å². The van der Waals surface area contributed by atoms with E-state index in [0.717, 1.165) is 6.42 Å². The summed E-state index contributed by atoms with van der Waals surface area (Å²) in [5.41, 5.74) is 5.29. The van der Waals surface area contributed by atoms with Gasteiger partial charge in [-0.25, -0.2) is 0 Å². The van der Waals surface area contributed by atoms with E-state index in [9.17, 15) is 4.79 Å². The van der Waals surface area contributed by atoms with Gasteiger partial charge in [0.1, 0.15) is 0 Å². The van der Waals surface area contributed by atoms with E-state index in [-0.39, 0.29) is 5.91 Å². The number of hydrogen-bond donors (Lipinski definition) is 2. The van der Waals surface area contributed by atoms with Crippen LogP contribution in [-0.4, -0.2) is 18.5 Å². The average molecular weight is 226 g/mol. The van der Waals surface area contributed by atoms with Crippen molar-refractivity contribution in [2.24, 2.45) is 17.1 Å². The molecule has 0 saturated heterocycles. The molecule has 0 aromatic rings. The van der Waals surface area contributed by atoms with Crippen LogP contribution in [0.2, 0.25) is 0 Å². The van der Waals surface area contributed by atoms with Crippen molar-refractivity contribution in [3.05, 3.63) is 0 Å². The van der Waals surface area contributed by atoms with Gasteiger partial charge in [0.05, 0.1) is 5.41 Å². The van der Waals surface area contributed by atoms with Gasteiger partial charge in [0, 0.05) is 12.6 Å². The molecule has 1 unspecified atom stereocenters. The largest absolute Gasteiger partial charge is 0.353 e. The molecule has 0 heterocycles. The SMILES string of the molecule is CCC(C)(CN)C(=O)N[C@@H](C)C1CCCC1. The third-order valence-corrected chi connectivity index (χ3v) is 4.24. The predicted octanol–water partition coefficient (Wildman–Crippen LogP) is 2.06. The van der Waals surface area contributed by atoms with Gasteiger partial charge in [0.15, 0.2) is 0 Å². The Bertz CT molecular complexity index is 230. The van der Waals surface area contributed by atoms with Crippen LogP contribution in [0.15, 0.2) is 0 Å². The van der Waals surface area contributed by atoms with Gasteiger partial charge in [0.25, 0.3) is 0 Å². The second kappa shape index (κ2) is 5.67. The normalized spacial score (nSPS) is 22.8. The molecule has 1 rings (SSSR count). The molecule has 0 radical (unpaired) electrons. The zero-order valence-electron chi connectivity index (χ0n) is 10.9. The van der Waals surface area contributed by atoms with Gasteiger partial charge in [-0.1, -0.05) is 19.8 Å². The van der Waals surface area contributed by atoms with Crippen molar-refractivity contribution in [2.45, 2.75) is 58.9 Å². The Morgan fingerprint density at radius 2 is 2.06 bits per heavy atom. The summed E-state index contributed by atoms with van der Waals surface area (Å²) in [4.78, 5) is 12.1. The van der Waals surface area contributed by atoms with Crippen LogP contribution < -0.4 is 11.1 Å². The van der Waals surface area contributed by atoms with Gasteiger partial charge in [-0.2, -0.15) is 0 Å². The Morgan fingerprint density at radius 3 is 2.50 bits per heavy atom. The van der Waals surface area contributed by atoms with E-state index in [4.69, 9.17) is 5.73 Å². The molecule has 1 fully saturated rings. The Hall–Kier alpha value is -0.570. The zero-order chi connectivity index (χ0) is 12.2. The van der Waals surface area contributed by atoms with Crippen LogP contribution >= 0.6 is 0 Å². The first-order chi connectivity index (χ1) is 7.53. The third kappa shape index (κ3) is 2.97. The fourth-order valence-electron chi connectivity index (χ4n) is 2.35. The fourth-order valence-corrected chi connectivity index (χ4v) is 2.35. The minimum Gasteiger partial charge on any atom is -0.353 e. The van der Waals surface area contributed by atoms with Crippen LogP contribution in [0, 0.1) is 11.3 Å². The maximum atomic E-state index is 12.1. The van der Waals surface area contributed by atoms with Crippen LogP contribution in [0.1, 0.15) is 52.9 Å². The summed E-state index contributed by atoms with van der Waals surface area (Å²) in [5, 5.41) is 3.15. The van der Waals surface area contributed by atoms with Crippen molar-refractivity contribution in [2.75, 3.05) is 6.54 Å². The molecule has 0 aromatic carbocycles. The van der Waals surface area contributed by atoms with Gasteiger partial charge >= 0.3 is 0 Å². The van der Waals surface area contributed by atoms with E-state index in [2.05, 4.69) is 12.2 Å². The number of nitrogens with one attached hydrogen (secondary N) is 1. The van der Waals surface area contributed by atoms with Crippen LogP contribution in [0.5, 0.6) is 0 Å². The molecule has 0 aliphatic heterocycles. The molecule has 0 aromatic heterocycles. The lowest BCUT2D eigenvalue weighted by Gasteiger charge is -2.29. The second-order valence-corrected chi connectivity index (χ2v) is 5.43. The van der Waals surface area contributed by atoms with Crippen LogP contribution in [0.4, 0.5) is 0 Å². The lowest BCUT2D eigenvalue weighted by molar-refractivity contribution is -0.130. The summed E-state index contributed by atoms with van der Waals surface area (Å²) in [6, 6.07) is 0.299. The Morgan fingerprint density at radius 1 is 1.50 bits per heavy atom. The molecule has 2 atom stereocenters. The molecule has 0 spiro atoms. The van der Waals surface area contributed by atoms with Crippen LogP contribution in [0.3, 0.4) is 0 Å². The highest BCUT2D eigenvalue weighted by Gasteiger charge is 2.32. The number of carbonyl (C=O) groups is 1. The van der Waals surface area contributed by atoms with Gasteiger partial charge < -0.3 is 11.1 Å². The summed E-state index contributed by atoms with van der Waals surface area (Å²) >= 11 is 0. The maximum absolute atomic E-state index is 12.1. The number of carbonyl (C=O) groups excluding carboxylic acids is 1. The van der Waals surface area contributed by atoms with E-state index in [1.165, 1.54) is 25.7 Å². The number of nitrogens with two attached hydrogens (primary N) is 1. The molecule has 1 amide bonds. The Labute approximate surface area is 99.2 Å². The maximum Gasteiger partial charge on any atom is 0.227 e. The summed E-state index contributed by atoms with van der Waals surface area (Å²) in [5.74, 6) is 0.791. The molecule has 1 saturated carbocycles. The van der Waals surface area contributed by atoms with Crippen molar-refractivity contribution in [1.82, 2.24) is 5.32 Å². The number of amides is 1. The molecular formula is C13H26N2O. The van der Waals surface area contributed by atoms with Crippen molar-refractivity contribution in [1.29, 1.82) is 0 Å². The Balaban J connectivity index is 2.49. The molecule has 3 N–H and O–H groups in total. The molecule has 16 heavy (non-hydrogen) atoms. The summed E-state index contributed by atoms with van der Waals surface area (Å²) in [6.07, 6.45) is 5.94. The van der Waals surface area contributed by atoms with E-state index in [0.29, 0.717) is 18.5 Å². The quantitative estimate of drug-likeness (QED) is 0.754. The topological polar surface area (TPSA) is 55.1 Å². The average Bonchev–Trinajstić information content (AvgIpc) is 2.81. The third-order valence-electron chi connectivity index (χ3n) is 4.24. The standard InChI is InChI=1S/C13H26N2O/c1-4-13(3,9-14)12(16)15-10(2)11-7-5-6-8-11/h10-11H,4-9,14H2,1-3H3,(H,15,16)/t10-,13?/m0/s1. The second-order valence-electron chi connectivity index (χ2n) is 5.43. The first kappa shape index (κ1) is 13.5. The molecule has 3 nitrogen and oxygen atoms in total. The summed E-state index contributed by atoms with van der Waals surface area (Å²) in [6.45, 7) is 6.52. The monoisotopic (exact) mass is 226 g/mol. The molecule has 1 aliphatic rings. The molecule has 94 valence electrons. The highest BCUT2D eigenvalue weighted by atomic mass is 16.2. The van der Waals surface area contributed by atoms with E-state index in [1.807, 2.05) is 13.8 Å². The molecule has 1 aliphatic carbocycles. The molecule has 3 heteroatoms. The van der Waals surface area contributed by atoms with Gasteiger partial charge in [-0.3, -0.25) is 4.79 Å². The number of hydrogen-bond acceptors (Lipinski definition) is 2. The minimum atomic E-state index is -0.396. The highest BCUT2D eigenvalue weighted by molar-refractivity contribution is 5.82. The van der Waals surface area contributed by atoms with E-state index < -0.39 is 5.41 Å². The molecular weight excluding hydrogens is 200 g/mol. The lowest BCUT2D eigenvalue weighted by atomic mass is 9.86. The zero-order valence-corrected chi connectivity index (χ0v) is 10.9. The van der Waals surface area contributed by atoms with Crippen molar-refractivity contribution >= 4 is 5.91 Å². The minimum absolute atomic E-state index is 0.122. The van der Waals surface area contributed by atoms with E-state index in [1.54, 1.807) is 0 Å². The summed E-state index contributed by atoms with van der Waals surface area (Å²) in [7, 11) is 0. The highest BCUT2D eigenvalue weighted by Crippen LogP contribution is 2.28. The Kier molecular flexibility index (Phi) is 4.78. The van der Waals surface area contributed by atoms with E-state index >= 15 is 0 Å². The number of rotatable bonds is 5. The van der Waals surface area contributed by atoms with Gasteiger partial charge in [-0.15, -0.1) is 0 Å². The lowest BCUT2D eigenvalue weighted by Crippen LogP contribution is -2.48. The van der Waals surface area contributed by atoms with Gasteiger partial charge in [-0.05, 0) is 39.0 Å². The first-order valence-electron chi connectivity index (χ1n) is 6.54. The van der Waals surface area contributed by atoms with Gasteiger partial charge in [0.2, 0.25) is 5.91 Å².